The van der Waals surface area contributed by atoms with Crippen LogP contribution in [0.15, 0.2) is 54.6 Å². The Kier molecular flexibility index (Phi) is 5.92. The van der Waals surface area contributed by atoms with Crippen molar-refractivity contribution in [2.24, 2.45) is 0 Å². The quantitative estimate of drug-likeness (QED) is 0.828. The van der Waals surface area contributed by atoms with Crippen LogP contribution in [-0.2, 0) is 11.2 Å². The molecule has 0 atom stereocenters. The van der Waals surface area contributed by atoms with Gasteiger partial charge in [-0.2, -0.15) is 0 Å². The zero-order valence-electron chi connectivity index (χ0n) is 13.3. The van der Waals surface area contributed by atoms with Gasteiger partial charge in [-0.3, -0.25) is 4.79 Å². The average molecular weight is 313 g/mol. The van der Waals surface area contributed by atoms with Crippen LogP contribution < -0.4 is 10.1 Å². The molecule has 2 rings (SSSR count). The summed E-state index contributed by atoms with van der Waals surface area (Å²) >= 11 is 0. The Hall–Kier alpha value is -2.62. The lowest BCUT2D eigenvalue weighted by Gasteiger charge is -2.06. The number of halogens is 1. The predicted octanol–water partition coefficient (Wildman–Crippen LogP) is 3.60. The molecule has 0 aliphatic heterocycles. The molecule has 4 heteroatoms. The fourth-order valence-electron chi connectivity index (χ4n) is 2.17. The van der Waals surface area contributed by atoms with Crippen LogP contribution in [0.2, 0.25) is 0 Å². The number of ether oxygens (including phenoxy) is 1. The largest absolute Gasteiger partial charge is 0.497 e. The molecule has 1 amide bonds. The molecule has 0 spiro atoms. The second kappa shape index (κ2) is 8.13. The summed E-state index contributed by atoms with van der Waals surface area (Å²) in [7, 11) is 1.62. The zero-order chi connectivity index (χ0) is 16.7. The maximum absolute atomic E-state index is 12.8. The highest BCUT2D eigenvalue weighted by Crippen LogP contribution is 2.17. The molecule has 0 bridgehead atoms. The van der Waals surface area contributed by atoms with Gasteiger partial charge >= 0.3 is 0 Å². The molecule has 120 valence electrons. The average Bonchev–Trinajstić information content (AvgIpc) is 2.56. The number of rotatable bonds is 6. The maximum atomic E-state index is 12.8. The van der Waals surface area contributed by atoms with Gasteiger partial charge in [-0.05, 0) is 54.3 Å². The van der Waals surface area contributed by atoms with Crippen LogP contribution in [0.5, 0.6) is 5.75 Å². The first kappa shape index (κ1) is 16.7. The minimum absolute atomic E-state index is 0.138. The number of hydrogen-bond acceptors (Lipinski definition) is 2. The number of benzene rings is 2. The van der Waals surface area contributed by atoms with Crippen molar-refractivity contribution in [2.45, 2.75) is 13.3 Å². The van der Waals surface area contributed by atoms with Crippen LogP contribution in [-0.4, -0.2) is 19.6 Å². The van der Waals surface area contributed by atoms with E-state index in [9.17, 15) is 9.18 Å². The number of hydrogen-bond donors (Lipinski definition) is 1. The van der Waals surface area contributed by atoms with E-state index < -0.39 is 0 Å². The zero-order valence-corrected chi connectivity index (χ0v) is 13.3. The maximum Gasteiger partial charge on any atom is 0.244 e. The SMILES string of the molecule is COc1ccc(/C(C)=C/C(=O)NCCc2ccc(F)cc2)cc1. The molecule has 0 saturated carbocycles. The van der Waals surface area contributed by atoms with Gasteiger partial charge in [0.25, 0.3) is 0 Å². The van der Waals surface area contributed by atoms with Gasteiger partial charge in [0.05, 0.1) is 7.11 Å². The van der Waals surface area contributed by atoms with Gasteiger partial charge < -0.3 is 10.1 Å². The monoisotopic (exact) mass is 313 g/mol. The summed E-state index contributed by atoms with van der Waals surface area (Å²) in [5.41, 5.74) is 2.84. The molecule has 23 heavy (non-hydrogen) atoms. The molecular weight excluding hydrogens is 293 g/mol. The van der Waals surface area contributed by atoms with Crippen molar-refractivity contribution in [1.29, 1.82) is 0 Å². The van der Waals surface area contributed by atoms with Crippen LogP contribution in [0.4, 0.5) is 4.39 Å². The highest BCUT2D eigenvalue weighted by molar-refractivity contribution is 5.94. The van der Waals surface area contributed by atoms with E-state index in [1.54, 1.807) is 25.3 Å². The van der Waals surface area contributed by atoms with Gasteiger partial charge in [0, 0.05) is 12.6 Å². The van der Waals surface area contributed by atoms with E-state index >= 15 is 0 Å². The molecule has 0 heterocycles. The van der Waals surface area contributed by atoms with Crippen molar-refractivity contribution in [3.63, 3.8) is 0 Å². The van der Waals surface area contributed by atoms with E-state index in [2.05, 4.69) is 5.32 Å². The third kappa shape index (κ3) is 5.25. The first-order valence-corrected chi connectivity index (χ1v) is 7.43. The molecule has 2 aromatic rings. The lowest BCUT2D eigenvalue weighted by molar-refractivity contribution is -0.116. The van der Waals surface area contributed by atoms with Gasteiger partial charge in [0.1, 0.15) is 11.6 Å². The highest BCUT2D eigenvalue weighted by Gasteiger charge is 2.02. The fraction of sp³-hybridized carbons (Fsp3) is 0.211. The third-order valence-electron chi connectivity index (χ3n) is 3.52. The van der Waals surface area contributed by atoms with Gasteiger partial charge in [-0.25, -0.2) is 4.39 Å². The normalized spacial score (nSPS) is 11.2. The second-order valence-corrected chi connectivity index (χ2v) is 5.22. The number of carbonyl (C=O) groups excluding carboxylic acids is 1. The molecule has 0 aromatic heterocycles. The van der Waals surface area contributed by atoms with E-state index in [1.807, 2.05) is 31.2 Å². The molecule has 0 saturated heterocycles. The van der Waals surface area contributed by atoms with Crippen LogP contribution in [0, 0.1) is 5.82 Å². The smallest absolute Gasteiger partial charge is 0.244 e. The summed E-state index contributed by atoms with van der Waals surface area (Å²) in [4.78, 5) is 11.9. The molecule has 0 radical (unpaired) electrons. The summed E-state index contributed by atoms with van der Waals surface area (Å²) < 4.78 is 17.9. The van der Waals surface area contributed by atoms with Gasteiger partial charge in [0.15, 0.2) is 0 Å². The van der Waals surface area contributed by atoms with Crippen LogP contribution >= 0.6 is 0 Å². The Morgan fingerprint density at radius 3 is 2.39 bits per heavy atom. The number of nitrogens with one attached hydrogen (secondary N) is 1. The standard InChI is InChI=1S/C19H20FNO2/c1-14(16-5-9-18(23-2)10-6-16)13-19(22)21-12-11-15-3-7-17(20)8-4-15/h3-10,13H,11-12H2,1-2H3,(H,21,22)/b14-13+. The highest BCUT2D eigenvalue weighted by atomic mass is 19.1. The van der Waals surface area contributed by atoms with Crippen molar-refractivity contribution >= 4 is 11.5 Å². The van der Waals surface area contributed by atoms with Gasteiger partial charge in [-0.1, -0.05) is 24.3 Å². The van der Waals surface area contributed by atoms with Gasteiger partial charge in [-0.15, -0.1) is 0 Å². The van der Waals surface area contributed by atoms with E-state index in [4.69, 9.17) is 4.74 Å². The second-order valence-electron chi connectivity index (χ2n) is 5.22. The minimum atomic E-state index is -0.254. The first-order chi connectivity index (χ1) is 11.1. The molecule has 0 aliphatic carbocycles. The predicted molar refractivity (Wildman–Crippen MR) is 89.8 cm³/mol. The summed E-state index contributed by atoms with van der Waals surface area (Å²) in [6.45, 7) is 2.40. The van der Waals surface area contributed by atoms with E-state index in [1.165, 1.54) is 12.1 Å². The third-order valence-corrected chi connectivity index (χ3v) is 3.52. The minimum Gasteiger partial charge on any atom is -0.497 e. The molecule has 0 unspecified atom stereocenters. The summed E-state index contributed by atoms with van der Waals surface area (Å²) in [5.74, 6) is 0.390. The van der Waals surface area contributed by atoms with Crippen molar-refractivity contribution < 1.29 is 13.9 Å². The lowest BCUT2D eigenvalue weighted by atomic mass is 10.1. The number of methoxy groups -OCH3 is 1. The fourth-order valence-corrected chi connectivity index (χ4v) is 2.17. The number of allylic oxidation sites excluding steroid dienone is 1. The van der Waals surface area contributed by atoms with Crippen molar-refractivity contribution in [1.82, 2.24) is 5.32 Å². The van der Waals surface area contributed by atoms with Crippen molar-refractivity contribution in [3.8, 4) is 5.75 Å². The van der Waals surface area contributed by atoms with Crippen LogP contribution in [0.25, 0.3) is 5.57 Å². The molecule has 2 aromatic carbocycles. The number of carbonyl (C=O) groups is 1. The van der Waals surface area contributed by atoms with Crippen molar-refractivity contribution in [2.75, 3.05) is 13.7 Å². The number of amides is 1. The van der Waals surface area contributed by atoms with E-state index in [0.717, 1.165) is 22.4 Å². The Morgan fingerprint density at radius 2 is 1.78 bits per heavy atom. The van der Waals surface area contributed by atoms with Gasteiger partial charge in [0.2, 0.25) is 5.91 Å². The summed E-state index contributed by atoms with van der Waals surface area (Å²) in [5, 5.41) is 2.84. The van der Waals surface area contributed by atoms with E-state index in [0.29, 0.717) is 13.0 Å². The molecule has 0 fully saturated rings. The van der Waals surface area contributed by atoms with Crippen molar-refractivity contribution in [3.05, 3.63) is 71.6 Å². The molecule has 3 nitrogen and oxygen atoms in total. The molecule has 0 aliphatic rings. The molecule has 1 N–H and O–H groups in total. The Labute approximate surface area is 135 Å². The summed E-state index contributed by atoms with van der Waals surface area (Å²) in [6, 6.07) is 13.8. The first-order valence-electron chi connectivity index (χ1n) is 7.43. The van der Waals surface area contributed by atoms with Crippen LogP contribution in [0.1, 0.15) is 18.1 Å². The Balaban J connectivity index is 1.85. The van der Waals surface area contributed by atoms with E-state index in [-0.39, 0.29) is 11.7 Å². The Bertz CT molecular complexity index is 676. The topological polar surface area (TPSA) is 38.3 Å². The molecular formula is C19H20FNO2. The summed E-state index contributed by atoms with van der Waals surface area (Å²) in [6.07, 6.45) is 2.24. The lowest BCUT2D eigenvalue weighted by Crippen LogP contribution is -2.23. The van der Waals surface area contributed by atoms with Crippen LogP contribution in [0.3, 0.4) is 0 Å². The Morgan fingerprint density at radius 1 is 1.13 bits per heavy atom.